The van der Waals surface area contributed by atoms with Gasteiger partial charge in [-0.05, 0) is 38.1 Å². The summed E-state index contributed by atoms with van der Waals surface area (Å²) >= 11 is 0. The van der Waals surface area contributed by atoms with Gasteiger partial charge < -0.3 is 19.8 Å². The summed E-state index contributed by atoms with van der Waals surface area (Å²) in [5, 5.41) is 20.3. The average Bonchev–Trinajstić information content (AvgIpc) is 2.60. The fourth-order valence-corrected chi connectivity index (χ4v) is 3.39. The molecule has 5 nitrogen and oxygen atoms in total. The van der Waals surface area contributed by atoms with Crippen LogP contribution in [0.4, 0.5) is 18.9 Å². The zero-order chi connectivity index (χ0) is 20.7. The molecule has 0 amide bonds. The van der Waals surface area contributed by atoms with E-state index >= 15 is 0 Å². The SMILES string of the molecule is CC1(C)Oc2cc(C(F)(F)F)ccc2C(N(CC(=O)O)c2ccccc2)C1O. The minimum atomic E-state index is -4.55. The zero-order valence-electron chi connectivity index (χ0n) is 15.3. The number of aliphatic carboxylic acids is 1. The first kappa shape index (κ1) is 20.0. The lowest BCUT2D eigenvalue weighted by atomic mass is 9.84. The van der Waals surface area contributed by atoms with Gasteiger partial charge in [0.05, 0.1) is 11.6 Å². The summed E-state index contributed by atoms with van der Waals surface area (Å²) in [5.41, 5.74) is -1.28. The van der Waals surface area contributed by atoms with Crippen molar-refractivity contribution in [2.45, 2.75) is 37.8 Å². The maximum absolute atomic E-state index is 13.1. The summed E-state index contributed by atoms with van der Waals surface area (Å²) in [5.74, 6) is -1.16. The van der Waals surface area contributed by atoms with Crippen LogP contribution < -0.4 is 9.64 Å². The van der Waals surface area contributed by atoms with Gasteiger partial charge in [0.2, 0.25) is 0 Å². The lowest BCUT2D eigenvalue weighted by Gasteiger charge is -2.46. The van der Waals surface area contributed by atoms with Gasteiger partial charge in [-0.15, -0.1) is 0 Å². The lowest BCUT2D eigenvalue weighted by molar-refractivity contribution is -0.138. The Labute approximate surface area is 160 Å². The first-order valence-corrected chi connectivity index (χ1v) is 8.62. The summed E-state index contributed by atoms with van der Waals surface area (Å²) in [6.07, 6.45) is -5.73. The molecule has 0 saturated carbocycles. The number of fused-ring (bicyclic) bond motifs is 1. The molecule has 1 aliphatic heterocycles. The molecule has 3 rings (SSSR count). The van der Waals surface area contributed by atoms with Crippen molar-refractivity contribution in [2.75, 3.05) is 11.4 Å². The second kappa shape index (κ2) is 7.01. The van der Waals surface area contributed by atoms with E-state index < -0.39 is 42.0 Å². The molecule has 0 radical (unpaired) electrons. The van der Waals surface area contributed by atoms with Crippen LogP contribution in [0.5, 0.6) is 5.75 Å². The van der Waals surface area contributed by atoms with Crippen LogP contribution in [0.2, 0.25) is 0 Å². The smallest absolute Gasteiger partial charge is 0.416 e. The number of rotatable bonds is 4. The molecular weight excluding hydrogens is 375 g/mol. The molecule has 150 valence electrons. The van der Waals surface area contributed by atoms with E-state index in [4.69, 9.17) is 4.74 Å². The number of carbonyl (C=O) groups is 1. The van der Waals surface area contributed by atoms with E-state index in [1.807, 2.05) is 0 Å². The predicted molar refractivity (Wildman–Crippen MR) is 96.3 cm³/mol. The fraction of sp³-hybridized carbons (Fsp3) is 0.350. The van der Waals surface area contributed by atoms with Gasteiger partial charge in [-0.25, -0.2) is 0 Å². The van der Waals surface area contributed by atoms with Gasteiger partial charge >= 0.3 is 12.1 Å². The molecule has 0 bridgehead atoms. The second-order valence-corrected chi connectivity index (χ2v) is 7.20. The topological polar surface area (TPSA) is 70.0 Å². The molecule has 2 aromatic rings. The van der Waals surface area contributed by atoms with E-state index in [0.29, 0.717) is 11.3 Å². The molecule has 8 heteroatoms. The van der Waals surface area contributed by atoms with Gasteiger partial charge in [-0.1, -0.05) is 24.3 Å². The number of aliphatic hydroxyl groups excluding tert-OH is 1. The Morgan fingerprint density at radius 3 is 2.39 bits per heavy atom. The maximum Gasteiger partial charge on any atom is 0.416 e. The number of anilines is 1. The van der Waals surface area contributed by atoms with Crippen molar-refractivity contribution < 1.29 is 32.9 Å². The number of para-hydroxylation sites is 1. The Balaban J connectivity index is 2.16. The van der Waals surface area contributed by atoms with Crippen LogP contribution >= 0.6 is 0 Å². The first-order valence-electron chi connectivity index (χ1n) is 8.62. The summed E-state index contributed by atoms with van der Waals surface area (Å²) in [6, 6.07) is 10.7. The highest BCUT2D eigenvalue weighted by atomic mass is 19.4. The van der Waals surface area contributed by atoms with E-state index in [9.17, 15) is 28.2 Å². The van der Waals surface area contributed by atoms with Crippen molar-refractivity contribution in [2.24, 2.45) is 0 Å². The number of benzene rings is 2. The normalized spacial score (nSPS) is 20.8. The molecule has 28 heavy (non-hydrogen) atoms. The Morgan fingerprint density at radius 1 is 1.18 bits per heavy atom. The minimum absolute atomic E-state index is 0.0264. The van der Waals surface area contributed by atoms with Gasteiger partial charge in [-0.2, -0.15) is 13.2 Å². The highest BCUT2D eigenvalue weighted by Crippen LogP contribution is 2.46. The maximum atomic E-state index is 13.1. The highest BCUT2D eigenvalue weighted by Gasteiger charge is 2.46. The number of ether oxygens (including phenoxy) is 1. The summed E-state index contributed by atoms with van der Waals surface area (Å²) in [7, 11) is 0. The number of nitrogens with zero attached hydrogens (tertiary/aromatic N) is 1. The number of carboxylic acids is 1. The lowest BCUT2D eigenvalue weighted by Crippen LogP contribution is -2.54. The molecule has 0 aliphatic carbocycles. The number of alkyl halides is 3. The molecule has 2 unspecified atom stereocenters. The van der Waals surface area contributed by atoms with Crippen LogP contribution in [-0.4, -0.2) is 34.4 Å². The number of hydrogen-bond acceptors (Lipinski definition) is 4. The van der Waals surface area contributed by atoms with Crippen molar-refractivity contribution >= 4 is 11.7 Å². The van der Waals surface area contributed by atoms with Gasteiger partial charge in [0, 0.05) is 11.3 Å². The monoisotopic (exact) mass is 395 g/mol. The van der Waals surface area contributed by atoms with Crippen LogP contribution in [0.1, 0.15) is 31.0 Å². The highest BCUT2D eigenvalue weighted by molar-refractivity contribution is 5.74. The van der Waals surface area contributed by atoms with E-state index in [1.54, 1.807) is 44.2 Å². The molecule has 0 fully saturated rings. The molecular formula is C20H20F3NO4. The van der Waals surface area contributed by atoms with Gasteiger partial charge in [0.15, 0.2) is 0 Å². The molecule has 1 aliphatic rings. The van der Waals surface area contributed by atoms with E-state index in [1.165, 1.54) is 11.0 Å². The van der Waals surface area contributed by atoms with Gasteiger partial charge in [0.25, 0.3) is 0 Å². The fourth-order valence-electron chi connectivity index (χ4n) is 3.39. The van der Waals surface area contributed by atoms with Crippen molar-refractivity contribution in [3.8, 4) is 5.75 Å². The van der Waals surface area contributed by atoms with Crippen LogP contribution in [0.25, 0.3) is 0 Å². The van der Waals surface area contributed by atoms with Crippen LogP contribution in [0.3, 0.4) is 0 Å². The van der Waals surface area contributed by atoms with Gasteiger partial charge in [-0.3, -0.25) is 4.79 Å². The Morgan fingerprint density at radius 2 is 1.82 bits per heavy atom. The van der Waals surface area contributed by atoms with Crippen molar-refractivity contribution in [3.05, 3.63) is 59.7 Å². The predicted octanol–water partition coefficient (Wildman–Crippen LogP) is 3.87. The van der Waals surface area contributed by atoms with Crippen LogP contribution in [0.15, 0.2) is 48.5 Å². The third-order valence-electron chi connectivity index (χ3n) is 4.77. The van der Waals surface area contributed by atoms with E-state index in [-0.39, 0.29) is 5.75 Å². The summed E-state index contributed by atoms with van der Waals surface area (Å²) in [6.45, 7) is 2.66. The van der Waals surface area contributed by atoms with Crippen LogP contribution in [0, 0.1) is 0 Å². The molecule has 0 spiro atoms. The largest absolute Gasteiger partial charge is 0.485 e. The Kier molecular flexibility index (Phi) is 5.01. The van der Waals surface area contributed by atoms with Crippen molar-refractivity contribution in [1.82, 2.24) is 0 Å². The second-order valence-electron chi connectivity index (χ2n) is 7.20. The Bertz CT molecular complexity index is 867. The van der Waals surface area contributed by atoms with Crippen LogP contribution in [-0.2, 0) is 11.0 Å². The third kappa shape index (κ3) is 3.77. The first-order chi connectivity index (χ1) is 13.0. The number of hydrogen-bond donors (Lipinski definition) is 2. The van der Waals surface area contributed by atoms with E-state index in [2.05, 4.69) is 0 Å². The number of halogens is 3. The summed E-state index contributed by atoms with van der Waals surface area (Å²) < 4.78 is 45.0. The average molecular weight is 395 g/mol. The third-order valence-corrected chi connectivity index (χ3v) is 4.77. The molecule has 2 aromatic carbocycles. The Hall–Kier alpha value is -2.74. The number of aliphatic hydroxyl groups is 1. The molecule has 0 saturated heterocycles. The quantitative estimate of drug-likeness (QED) is 0.823. The van der Waals surface area contributed by atoms with Crippen molar-refractivity contribution in [1.29, 1.82) is 0 Å². The minimum Gasteiger partial charge on any atom is -0.485 e. The van der Waals surface area contributed by atoms with Gasteiger partial charge in [0.1, 0.15) is 24.0 Å². The van der Waals surface area contributed by atoms with E-state index in [0.717, 1.165) is 12.1 Å². The molecule has 2 N–H and O–H groups in total. The number of carboxylic acid groups (broad SMARTS) is 1. The zero-order valence-corrected chi connectivity index (χ0v) is 15.3. The molecule has 0 aromatic heterocycles. The molecule has 1 heterocycles. The summed E-state index contributed by atoms with van der Waals surface area (Å²) in [4.78, 5) is 12.9. The molecule has 2 atom stereocenters. The standard InChI is InChI=1S/C20H20F3NO4/c1-19(2)18(27)17(24(11-16(25)26)13-6-4-3-5-7-13)14-9-8-12(20(21,22)23)10-15(14)28-19/h3-10,17-18,27H,11H2,1-2H3,(H,25,26). The van der Waals surface area contributed by atoms with Crippen molar-refractivity contribution in [3.63, 3.8) is 0 Å².